The number of ether oxygens (including phenoxy) is 1. The van der Waals surface area contributed by atoms with Crippen LogP contribution in [0.3, 0.4) is 0 Å². The molecule has 6 heteroatoms. The molecule has 0 unspecified atom stereocenters. The largest absolute Gasteiger partial charge is 0.500 e. The second kappa shape index (κ2) is 7.26. The summed E-state index contributed by atoms with van der Waals surface area (Å²) in [5.41, 5.74) is 0.813. The van der Waals surface area contributed by atoms with Gasteiger partial charge in [-0.3, -0.25) is 9.59 Å². The maximum absolute atomic E-state index is 12.0. The van der Waals surface area contributed by atoms with E-state index in [-0.39, 0.29) is 24.2 Å². The zero-order valence-electron chi connectivity index (χ0n) is 11.5. The highest BCUT2D eigenvalue weighted by molar-refractivity contribution is 9.10. The molecule has 0 aromatic heterocycles. The van der Waals surface area contributed by atoms with E-state index in [1.54, 1.807) is 4.90 Å². The van der Waals surface area contributed by atoms with E-state index in [9.17, 15) is 9.59 Å². The van der Waals surface area contributed by atoms with E-state index in [1.807, 2.05) is 24.3 Å². The molecule has 0 aliphatic carbocycles. The van der Waals surface area contributed by atoms with Gasteiger partial charge in [0.25, 0.3) is 0 Å². The molecule has 1 aliphatic heterocycles. The summed E-state index contributed by atoms with van der Waals surface area (Å²) >= 11 is 3.36. The van der Waals surface area contributed by atoms with E-state index in [2.05, 4.69) is 27.8 Å². The Labute approximate surface area is 132 Å². The van der Waals surface area contributed by atoms with Crippen LogP contribution < -0.4 is 10.2 Å². The third-order valence-electron chi connectivity index (χ3n) is 3.27. The number of benzene rings is 1. The Balaban J connectivity index is 1.91. The summed E-state index contributed by atoms with van der Waals surface area (Å²) in [4.78, 5) is 25.7. The predicted molar refractivity (Wildman–Crippen MR) is 83.8 cm³/mol. The normalized spacial score (nSPS) is 17.7. The molecule has 0 radical (unpaired) electrons. The van der Waals surface area contributed by atoms with Crippen LogP contribution in [0.4, 0.5) is 5.69 Å². The molecule has 2 amide bonds. The number of nitrogens with one attached hydrogen (secondary N) is 1. The predicted octanol–water partition coefficient (Wildman–Crippen LogP) is 2.08. The molecule has 1 N–H and O–H groups in total. The molecule has 5 nitrogen and oxygen atoms in total. The molecule has 112 valence electrons. The van der Waals surface area contributed by atoms with Gasteiger partial charge in [-0.25, -0.2) is 0 Å². The fraction of sp³-hybridized carbons (Fsp3) is 0.333. The number of rotatable bonds is 6. The van der Waals surface area contributed by atoms with Crippen LogP contribution in [0.1, 0.15) is 6.42 Å². The van der Waals surface area contributed by atoms with Crippen molar-refractivity contribution in [2.24, 2.45) is 5.92 Å². The maximum atomic E-state index is 12.0. The highest BCUT2D eigenvalue weighted by atomic mass is 79.9. The van der Waals surface area contributed by atoms with Crippen LogP contribution in [0.5, 0.6) is 0 Å². The summed E-state index contributed by atoms with van der Waals surface area (Å²) in [5.74, 6) is -0.458. The fourth-order valence-electron chi connectivity index (χ4n) is 2.21. The lowest BCUT2D eigenvalue weighted by atomic mass is 10.1. The van der Waals surface area contributed by atoms with Gasteiger partial charge in [-0.05, 0) is 24.3 Å². The maximum Gasteiger partial charge on any atom is 0.227 e. The molecule has 1 fully saturated rings. The molecule has 2 rings (SSSR count). The van der Waals surface area contributed by atoms with E-state index in [0.717, 1.165) is 10.2 Å². The van der Waals surface area contributed by atoms with Crippen molar-refractivity contribution in [2.45, 2.75) is 6.42 Å². The first-order valence-corrected chi connectivity index (χ1v) is 7.47. The molecule has 0 saturated carbocycles. The fourth-order valence-corrected chi connectivity index (χ4v) is 2.48. The van der Waals surface area contributed by atoms with E-state index in [0.29, 0.717) is 19.7 Å². The first kappa shape index (κ1) is 15.6. The molecule has 0 spiro atoms. The van der Waals surface area contributed by atoms with Gasteiger partial charge in [0.1, 0.15) is 6.61 Å². The SMILES string of the molecule is C=COCCNC(=O)[C@@H]1CC(=O)N(c2ccc(Br)cc2)C1. The smallest absolute Gasteiger partial charge is 0.227 e. The van der Waals surface area contributed by atoms with E-state index < -0.39 is 0 Å². The van der Waals surface area contributed by atoms with Crippen molar-refractivity contribution in [1.29, 1.82) is 0 Å². The van der Waals surface area contributed by atoms with Crippen molar-refractivity contribution in [2.75, 3.05) is 24.6 Å². The highest BCUT2D eigenvalue weighted by Gasteiger charge is 2.34. The first-order valence-electron chi connectivity index (χ1n) is 6.68. The van der Waals surface area contributed by atoms with E-state index in [1.165, 1.54) is 6.26 Å². The average Bonchev–Trinajstić information content (AvgIpc) is 2.86. The lowest BCUT2D eigenvalue weighted by molar-refractivity contribution is -0.126. The summed E-state index contributed by atoms with van der Waals surface area (Å²) < 4.78 is 5.89. The standard InChI is InChI=1S/C15H17BrN2O3/c1-2-21-8-7-17-15(20)11-9-14(19)18(10-11)13-5-3-12(16)4-6-13/h2-6,11H,1,7-10H2,(H,17,20)/t11-/m1/s1. The molecular formula is C15H17BrN2O3. The van der Waals surface area contributed by atoms with Gasteiger partial charge < -0.3 is 15.0 Å². The average molecular weight is 353 g/mol. The Bertz CT molecular complexity index is 530. The summed E-state index contributed by atoms with van der Waals surface area (Å²) in [6, 6.07) is 7.48. The van der Waals surface area contributed by atoms with Crippen molar-refractivity contribution in [1.82, 2.24) is 5.32 Å². The monoisotopic (exact) mass is 352 g/mol. The number of hydrogen-bond donors (Lipinski definition) is 1. The summed E-state index contributed by atoms with van der Waals surface area (Å²) in [6.45, 7) is 4.63. The number of anilines is 1. The lowest BCUT2D eigenvalue weighted by Gasteiger charge is -2.16. The zero-order valence-corrected chi connectivity index (χ0v) is 13.1. The molecular weight excluding hydrogens is 336 g/mol. The Morgan fingerprint density at radius 3 is 2.86 bits per heavy atom. The van der Waals surface area contributed by atoms with Crippen LogP contribution in [0.2, 0.25) is 0 Å². The van der Waals surface area contributed by atoms with Gasteiger partial charge in [-0.15, -0.1) is 0 Å². The second-order valence-electron chi connectivity index (χ2n) is 4.71. The van der Waals surface area contributed by atoms with Crippen LogP contribution >= 0.6 is 15.9 Å². The number of halogens is 1. The molecule has 1 heterocycles. The molecule has 1 aromatic carbocycles. The quantitative estimate of drug-likeness (QED) is 0.629. The molecule has 1 aromatic rings. The van der Waals surface area contributed by atoms with E-state index in [4.69, 9.17) is 4.74 Å². The van der Waals surface area contributed by atoms with Gasteiger partial charge in [-0.1, -0.05) is 22.5 Å². The Kier molecular flexibility index (Phi) is 5.38. The van der Waals surface area contributed by atoms with Gasteiger partial charge in [0.05, 0.1) is 18.7 Å². The van der Waals surface area contributed by atoms with Gasteiger partial charge in [0.15, 0.2) is 0 Å². The first-order chi connectivity index (χ1) is 10.1. The van der Waals surface area contributed by atoms with Crippen LogP contribution in [-0.2, 0) is 14.3 Å². The molecule has 1 atom stereocenters. The van der Waals surface area contributed by atoms with E-state index >= 15 is 0 Å². The third-order valence-corrected chi connectivity index (χ3v) is 3.80. The number of nitrogens with zero attached hydrogens (tertiary/aromatic N) is 1. The number of carbonyl (C=O) groups is 2. The minimum atomic E-state index is -0.315. The highest BCUT2D eigenvalue weighted by Crippen LogP contribution is 2.26. The molecule has 21 heavy (non-hydrogen) atoms. The van der Waals surface area contributed by atoms with Crippen molar-refractivity contribution in [3.05, 3.63) is 41.6 Å². The van der Waals surface area contributed by atoms with Crippen molar-refractivity contribution < 1.29 is 14.3 Å². The number of hydrogen-bond acceptors (Lipinski definition) is 3. The Morgan fingerprint density at radius 2 is 2.19 bits per heavy atom. The second-order valence-corrected chi connectivity index (χ2v) is 5.63. The topological polar surface area (TPSA) is 58.6 Å². The minimum absolute atomic E-state index is 0.0280. The molecule has 1 aliphatic rings. The van der Waals surface area contributed by atoms with Crippen LogP contribution in [0, 0.1) is 5.92 Å². The lowest BCUT2D eigenvalue weighted by Crippen LogP contribution is -2.34. The van der Waals surface area contributed by atoms with Crippen LogP contribution in [-0.4, -0.2) is 31.5 Å². The van der Waals surface area contributed by atoms with Crippen molar-refractivity contribution in [3.8, 4) is 0 Å². The third kappa shape index (κ3) is 4.07. The van der Waals surface area contributed by atoms with Gasteiger partial charge in [0.2, 0.25) is 11.8 Å². The zero-order chi connectivity index (χ0) is 15.2. The van der Waals surface area contributed by atoms with Gasteiger partial charge in [-0.2, -0.15) is 0 Å². The molecule has 1 saturated heterocycles. The van der Waals surface area contributed by atoms with Crippen LogP contribution in [0.25, 0.3) is 0 Å². The molecule has 0 bridgehead atoms. The summed E-state index contributed by atoms with van der Waals surface area (Å²) in [6.07, 6.45) is 1.57. The van der Waals surface area contributed by atoms with Gasteiger partial charge in [0, 0.05) is 23.1 Å². The van der Waals surface area contributed by atoms with Crippen molar-refractivity contribution in [3.63, 3.8) is 0 Å². The number of amides is 2. The Morgan fingerprint density at radius 1 is 1.48 bits per heavy atom. The number of carbonyl (C=O) groups excluding carboxylic acids is 2. The Hall–Kier alpha value is -1.82. The van der Waals surface area contributed by atoms with Crippen LogP contribution in [0.15, 0.2) is 41.6 Å². The summed E-state index contributed by atoms with van der Waals surface area (Å²) in [5, 5.41) is 2.76. The summed E-state index contributed by atoms with van der Waals surface area (Å²) in [7, 11) is 0. The minimum Gasteiger partial charge on any atom is -0.500 e. The van der Waals surface area contributed by atoms with Gasteiger partial charge >= 0.3 is 0 Å². The van der Waals surface area contributed by atoms with Crippen molar-refractivity contribution >= 4 is 33.4 Å².